The van der Waals surface area contributed by atoms with Gasteiger partial charge < -0.3 is 4.90 Å². The Kier molecular flexibility index (Phi) is 5.21. The highest BCUT2D eigenvalue weighted by Gasteiger charge is 2.38. The van der Waals surface area contributed by atoms with Crippen LogP contribution in [-0.2, 0) is 13.6 Å². The number of carbonyl (C=O) groups is 1. The summed E-state index contributed by atoms with van der Waals surface area (Å²) >= 11 is 1.54. The average molecular weight is 456 g/mol. The first-order valence-corrected chi connectivity index (χ1v) is 11.0. The number of amides is 1. The minimum absolute atomic E-state index is 0.111. The molecule has 0 radical (unpaired) electrons. The Labute approximate surface area is 186 Å². The lowest BCUT2D eigenvalue weighted by atomic mass is 10.0. The van der Waals surface area contributed by atoms with E-state index in [1.54, 1.807) is 23.7 Å². The minimum atomic E-state index is -3.04. The molecule has 1 fully saturated rings. The van der Waals surface area contributed by atoms with Crippen LogP contribution >= 0.6 is 11.3 Å². The molecule has 3 heterocycles. The van der Waals surface area contributed by atoms with Crippen LogP contribution in [0.4, 0.5) is 13.2 Å². The molecule has 0 N–H and O–H groups in total. The van der Waals surface area contributed by atoms with Crippen molar-refractivity contribution in [1.29, 1.82) is 0 Å². The van der Waals surface area contributed by atoms with E-state index in [4.69, 9.17) is 0 Å². The molecule has 3 aromatic heterocycles. The van der Waals surface area contributed by atoms with Crippen LogP contribution in [0.1, 0.15) is 40.2 Å². The van der Waals surface area contributed by atoms with Gasteiger partial charge >= 0.3 is 0 Å². The number of aromatic nitrogens is 3. The van der Waals surface area contributed by atoms with Gasteiger partial charge in [0.15, 0.2) is 0 Å². The standard InChI is InChI=1S/C23H19F3N4OS/c1-29-22(26)19(20(28-29)21(24)25)23(31)30(14-8-9-14)12-17-18(13-5-4-10-27-11-13)15-6-2-3-7-16(15)32-17/h2-7,10-11,14,21H,8-9,12H2,1H3. The SMILES string of the molecule is Cn1nc(C(F)F)c(C(=O)N(Cc2sc3ccccc3c2-c2cccnc2)C2CC2)c1F. The monoisotopic (exact) mass is 456 g/mol. The number of hydrogen-bond acceptors (Lipinski definition) is 4. The highest BCUT2D eigenvalue weighted by molar-refractivity contribution is 7.19. The number of nitrogens with zero attached hydrogens (tertiary/aromatic N) is 4. The molecule has 0 bridgehead atoms. The third kappa shape index (κ3) is 3.56. The van der Waals surface area contributed by atoms with Gasteiger partial charge in [-0.3, -0.25) is 9.78 Å². The third-order valence-electron chi connectivity index (χ3n) is 5.61. The molecule has 1 amide bonds. The fourth-order valence-corrected chi connectivity index (χ4v) is 5.19. The van der Waals surface area contributed by atoms with Crippen LogP contribution in [-0.4, -0.2) is 31.6 Å². The summed E-state index contributed by atoms with van der Waals surface area (Å²) in [6.07, 6.45) is 1.92. The van der Waals surface area contributed by atoms with Crippen LogP contribution < -0.4 is 0 Å². The van der Waals surface area contributed by atoms with Crippen molar-refractivity contribution in [3.8, 4) is 11.1 Å². The summed E-state index contributed by atoms with van der Waals surface area (Å²) in [6, 6.07) is 11.6. The first kappa shape index (κ1) is 20.7. The molecule has 1 aromatic carbocycles. The maximum atomic E-state index is 14.6. The average Bonchev–Trinajstić information content (AvgIpc) is 3.50. The molecule has 0 spiro atoms. The number of benzene rings is 1. The largest absolute Gasteiger partial charge is 0.330 e. The van der Waals surface area contributed by atoms with E-state index >= 15 is 0 Å². The summed E-state index contributed by atoms with van der Waals surface area (Å²) in [6.45, 7) is 0.198. The molecule has 5 nitrogen and oxygen atoms in total. The van der Waals surface area contributed by atoms with Crippen LogP contribution in [0.3, 0.4) is 0 Å². The highest BCUT2D eigenvalue weighted by atomic mass is 32.1. The zero-order valence-corrected chi connectivity index (χ0v) is 18.0. The number of carbonyl (C=O) groups excluding carboxylic acids is 1. The van der Waals surface area contributed by atoms with E-state index in [1.807, 2.05) is 36.4 Å². The molecule has 0 saturated heterocycles. The molecule has 164 valence electrons. The summed E-state index contributed by atoms with van der Waals surface area (Å²) in [5, 5.41) is 4.57. The fraction of sp³-hybridized carbons (Fsp3) is 0.261. The van der Waals surface area contributed by atoms with Crippen molar-refractivity contribution in [2.75, 3.05) is 0 Å². The molecule has 1 aliphatic carbocycles. The zero-order chi connectivity index (χ0) is 22.4. The first-order chi connectivity index (χ1) is 15.5. The van der Waals surface area contributed by atoms with E-state index < -0.39 is 29.5 Å². The normalized spacial score (nSPS) is 13.8. The Bertz CT molecular complexity index is 1300. The van der Waals surface area contributed by atoms with Gasteiger partial charge in [0.1, 0.15) is 11.3 Å². The topological polar surface area (TPSA) is 51.0 Å². The molecule has 4 aromatic rings. The van der Waals surface area contributed by atoms with E-state index in [-0.39, 0.29) is 12.6 Å². The van der Waals surface area contributed by atoms with Crippen LogP contribution in [0.15, 0.2) is 48.8 Å². The van der Waals surface area contributed by atoms with E-state index in [1.165, 1.54) is 11.9 Å². The molecular formula is C23H19F3N4OS. The van der Waals surface area contributed by atoms with Gasteiger partial charge in [-0.15, -0.1) is 11.3 Å². The smallest absolute Gasteiger partial charge is 0.283 e. The molecule has 1 saturated carbocycles. The number of alkyl halides is 2. The summed E-state index contributed by atoms with van der Waals surface area (Å²) in [4.78, 5) is 20.0. The Morgan fingerprint density at radius 1 is 1.25 bits per heavy atom. The lowest BCUT2D eigenvalue weighted by molar-refractivity contribution is 0.0714. The van der Waals surface area contributed by atoms with Gasteiger partial charge in [0, 0.05) is 51.6 Å². The van der Waals surface area contributed by atoms with Gasteiger partial charge in [-0.25, -0.2) is 13.5 Å². The molecule has 5 rings (SSSR count). The predicted octanol–water partition coefficient (Wildman–Crippen LogP) is 5.58. The van der Waals surface area contributed by atoms with Crippen LogP contribution in [0.5, 0.6) is 0 Å². The predicted molar refractivity (Wildman–Crippen MR) is 116 cm³/mol. The van der Waals surface area contributed by atoms with Crippen LogP contribution in [0.2, 0.25) is 0 Å². The van der Waals surface area contributed by atoms with Gasteiger partial charge in [0.05, 0.1) is 6.54 Å². The Hall–Kier alpha value is -3.20. The molecular weight excluding hydrogens is 437 g/mol. The number of rotatable bonds is 6. The summed E-state index contributed by atoms with van der Waals surface area (Å²) in [7, 11) is 1.21. The summed E-state index contributed by atoms with van der Waals surface area (Å²) in [5.74, 6) is -1.79. The van der Waals surface area contributed by atoms with E-state index in [9.17, 15) is 18.0 Å². The number of halogens is 3. The number of fused-ring (bicyclic) bond motifs is 1. The summed E-state index contributed by atoms with van der Waals surface area (Å²) in [5.41, 5.74) is 0.407. The molecule has 0 atom stereocenters. The van der Waals surface area contributed by atoms with Crippen molar-refractivity contribution in [2.45, 2.75) is 31.9 Å². The van der Waals surface area contributed by atoms with Crippen molar-refractivity contribution < 1.29 is 18.0 Å². The fourth-order valence-electron chi connectivity index (χ4n) is 3.96. The van der Waals surface area contributed by atoms with Gasteiger partial charge in [-0.05, 0) is 25.0 Å². The number of pyridine rings is 1. The number of hydrogen-bond donors (Lipinski definition) is 0. The van der Waals surface area contributed by atoms with Gasteiger partial charge in [0.25, 0.3) is 12.3 Å². The second-order valence-electron chi connectivity index (χ2n) is 7.78. The number of aryl methyl sites for hydroxylation is 1. The zero-order valence-electron chi connectivity index (χ0n) is 17.1. The lowest BCUT2D eigenvalue weighted by Crippen LogP contribution is -2.33. The Morgan fingerprint density at radius 2 is 2.03 bits per heavy atom. The molecule has 0 aliphatic heterocycles. The maximum Gasteiger partial charge on any atom is 0.283 e. The van der Waals surface area contributed by atoms with Crippen LogP contribution in [0.25, 0.3) is 21.2 Å². The van der Waals surface area contributed by atoms with Crippen molar-refractivity contribution in [2.24, 2.45) is 7.05 Å². The highest BCUT2D eigenvalue weighted by Crippen LogP contribution is 2.41. The van der Waals surface area contributed by atoms with E-state index in [0.717, 1.165) is 38.9 Å². The maximum absolute atomic E-state index is 14.6. The molecule has 1 aliphatic rings. The van der Waals surface area contributed by atoms with E-state index in [0.29, 0.717) is 4.68 Å². The molecule has 9 heteroatoms. The first-order valence-electron chi connectivity index (χ1n) is 10.2. The van der Waals surface area contributed by atoms with Gasteiger partial charge in [-0.1, -0.05) is 24.3 Å². The third-order valence-corrected chi connectivity index (χ3v) is 6.76. The second kappa shape index (κ2) is 8.05. The van der Waals surface area contributed by atoms with Gasteiger partial charge in [-0.2, -0.15) is 9.49 Å². The van der Waals surface area contributed by atoms with Crippen molar-refractivity contribution >= 4 is 27.3 Å². The summed E-state index contributed by atoms with van der Waals surface area (Å²) < 4.78 is 43.4. The van der Waals surface area contributed by atoms with Gasteiger partial charge in [0.2, 0.25) is 5.95 Å². The van der Waals surface area contributed by atoms with Crippen molar-refractivity contribution in [3.05, 3.63) is 70.9 Å². The second-order valence-corrected chi connectivity index (χ2v) is 8.91. The quantitative estimate of drug-likeness (QED) is 0.381. The van der Waals surface area contributed by atoms with E-state index in [2.05, 4.69) is 10.1 Å². The van der Waals surface area contributed by atoms with Crippen molar-refractivity contribution in [3.63, 3.8) is 0 Å². The van der Waals surface area contributed by atoms with Crippen molar-refractivity contribution in [1.82, 2.24) is 19.7 Å². The molecule has 32 heavy (non-hydrogen) atoms. The minimum Gasteiger partial charge on any atom is -0.330 e. The Morgan fingerprint density at radius 3 is 2.72 bits per heavy atom. The Balaban J connectivity index is 1.59. The van der Waals surface area contributed by atoms with Crippen LogP contribution in [0, 0.1) is 5.95 Å². The lowest BCUT2D eigenvalue weighted by Gasteiger charge is -2.22. The number of thiophene rings is 1. The molecule has 0 unspecified atom stereocenters.